The van der Waals surface area contributed by atoms with Crippen molar-refractivity contribution in [1.82, 2.24) is 20.0 Å². The molecule has 4 heterocycles. The first kappa shape index (κ1) is 38.7. The summed E-state index contributed by atoms with van der Waals surface area (Å²) in [6.45, 7) is 6.60. The van der Waals surface area contributed by atoms with Gasteiger partial charge in [-0.3, -0.25) is 29.0 Å². The lowest BCUT2D eigenvalue weighted by Crippen LogP contribution is -2.41. The summed E-state index contributed by atoms with van der Waals surface area (Å²) in [5.74, 6) is -2.72. The fourth-order valence-electron chi connectivity index (χ4n) is 5.83. The number of imide groups is 2. The van der Waals surface area contributed by atoms with Gasteiger partial charge in [0, 0.05) is 19.6 Å². The highest BCUT2D eigenvalue weighted by Gasteiger charge is 2.37. The van der Waals surface area contributed by atoms with Crippen molar-refractivity contribution in [3.05, 3.63) is 93.6 Å². The van der Waals surface area contributed by atoms with Crippen LogP contribution < -0.4 is 5.32 Å². The molecule has 12 heteroatoms. The predicted molar refractivity (Wildman–Crippen MR) is 182 cm³/mol. The molecule has 2 saturated heterocycles. The second-order valence-electron chi connectivity index (χ2n) is 12.8. The summed E-state index contributed by atoms with van der Waals surface area (Å²) >= 11 is 0. The summed E-state index contributed by atoms with van der Waals surface area (Å²) in [6, 6.07) is 13.1. The van der Waals surface area contributed by atoms with Gasteiger partial charge in [-0.1, -0.05) is 39.1 Å². The maximum absolute atomic E-state index is 14.8. The van der Waals surface area contributed by atoms with Crippen molar-refractivity contribution >= 4 is 29.7 Å². The first-order valence-electron chi connectivity index (χ1n) is 15.7. The van der Waals surface area contributed by atoms with Crippen LogP contribution in [0.15, 0.2) is 71.3 Å². The average Bonchev–Trinajstić information content (AvgIpc) is 3.45. The summed E-state index contributed by atoms with van der Waals surface area (Å²) in [4.78, 5) is 64.6. The lowest BCUT2D eigenvalue weighted by Gasteiger charge is -2.31. The third kappa shape index (κ3) is 8.66. The number of carbonyl (C=O) groups excluding carboxylic acids is 5. The van der Waals surface area contributed by atoms with Crippen LogP contribution in [-0.2, 0) is 4.74 Å². The van der Waals surface area contributed by atoms with Gasteiger partial charge >= 0.3 is 6.09 Å². The molecule has 0 aromatic heterocycles. The van der Waals surface area contributed by atoms with Gasteiger partial charge in [-0.05, 0) is 88.4 Å². The minimum atomic E-state index is -0.628. The van der Waals surface area contributed by atoms with Crippen LogP contribution in [0.5, 0.6) is 0 Å². The van der Waals surface area contributed by atoms with Crippen molar-refractivity contribution in [2.75, 3.05) is 39.3 Å². The Kier molecular flexibility index (Phi) is 12.7. The molecule has 0 radical (unpaired) electrons. The zero-order valence-corrected chi connectivity index (χ0v) is 26.7. The molecule has 0 aliphatic carbocycles. The van der Waals surface area contributed by atoms with Crippen molar-refractivity contribution in [3.63, 3.8) is 0 Å². The van der Waals surface area contributed by atoms with E-state index in [-0.39, 0.29) is 33.8 Å². The molecule has 0 unspecified atom stereocenters. The molecule has 1 N–H and O–H groups in total. The number of nitrogens with one attached hydrogen (secondary N) is 1. The van der Waals surface area contributed by atoms with Gasteiger partial charge in [0.2, 0.25) is 0 Å². The summed E-state index contributed by atoms with van der Waals surface area (Å²) in [7, 11) is 0. The Hall–Kier alpha value is -4.71. The minimum absolute atomic E-state index is 0. The van der Waals surface area contributed by atoms with Crippen molar-refractivity contribution in [2.24, 2.45) is 0 Å². The molecule has 49 heavy (non-hydrogen) atoms. The van der Waals surface area contributed by atoms with Gasteiger partial charge in [-0.15, -0.1) is 0 Å². The Morgan fingerprint density at radius 3 is 1.57 bits per heavy atom. The monoisotopic (exact) mass is 680 g/mol. The topological polar surface area (TPSA) is 116 Å². The van der Waals surface area contributed by atoms with E-state index >= 15 is 0 Å². The van der Waals surface area contributed by atoms with Crippen LogP contribution >= 0.6 is 0 Å². The highest BCUT2D eigenvalue weighted by Crippen LogP contribution is 2.28. The fourth-order valence-corrected chi connectivity index (χ4v) is 5.83. The molecule has 2 fully saturated rings. The van der Waals surface area contributed by atoms with Crippen LogP contribution in [0.1, 0.15) is 103 Å². The van der Waals surface area contributed by atoms with E-state index in [9.17, 15) is 32.8 Å². The summed E-state index contributed by atoms with van der Waals surface area (Å²) in [5.41, 5.74) is 1.75. The zero-order chi connectivity index (χ0) is 33.9. The first-order chi connectivity index (χ1) is 22.4. The van der Waals surface area contributed by atoms with Gasteiger partial charge in [0.05, 0.1) is 35.3 Å². The third-order valence-corrected chi connectivity index (χ3v) is 8.23. The number of benzene rings is 2. The Balaban J connectivity index is 0.000000265. The number of ether oxygens (including phenoxy) is 1. The van der Waals surface area contributed by atoms with Crippen LogP contribution in [0.25, 0.3) is 0 Å². The van der Waals surface area contributed by atoms with Gasteiger partial charge in [0.1, 0.15) is 17.3 Å². The number of carbonyl (C=O) groups is 5. The fraction of sp³-hybridized carbons (Fsp3) is 0.432. The van der Waals surface area contributed by atoms with Gasteiger partial charge in [-0.2, -0.15) is 0 Å². The molecule has 4 aliphatic rings. The highest BCUT2D eigenvalue weighted by molar-refractivity contribution is 6.22. The number of fused-ring (bicyclic) bond motifs is 2. The molecule has 4 aliphatic heterocycles. The smallest absolute Gasteiger partial charge is 0.410 e. The molecule has 0 atom stereocenters. The molecule has 0 saturated carbocycles. The lowest BCUT2D eigenvalue weighted by molar-refractivity contribution is 0.0243. The maximum Gasteiger partial charge on any atom is 0.410 e. The van der Waals surface area contributed by atoms with E-state index in [1.807, 2.05) is 0 Å². The molecule has 2 aromatic carbocycles. The number of hydrogen-bond acceptors (Lipinski definition) is 7. The van der Waals surface area contributed by atoms with E-state index in [1.54, 1.807) is 69.3 Å². The van der Waals surface area contributed by atoms with Crippen LogP contribution in [0, 0.1) is 0 Å². The van der Waals surface area contributed by atoms with Gasteiger partial charge in [0.15, 0.2) is 0 Å². The van der Waals surface area contributed by atoms with Crippen LogP contribution in [0.4, 0.5) is 13.6 Å². The molecule has 5 amide bonds. The molecule has 264 valence electrons. The van der Waals surface area contributed by atoms with E-state index in [2.05, 4.69) is 5.32 Å². The molecule has 2 aromatic rings. The first-order valence-corrected chi connectivity index (χ1v) is 15.7. The zero-order valence-electron chi connectivity index (χ0n) is 26.7. The SMILES string of the molecule is C.C.CC(C)(C)OC(=O)N1CCC/C(=C(\F)CN2C(=O)c3ccccc3C2=O)C1.O=C1c2ccccc2C(=O)N1C/C(F)=C1/CCCNC1. The number of amides is 5. The van der Waals surface area contributed by atoms with Gasteiger partial charge < -0.3 is 15.0 Å². The molecular weight excluding hydrogens is 634 g/mol. The van der Waals surface area contributed by atoms with Gasteiger partial charge in [0.25, 0.3) is 23.6 Å². The molecule has 6 rings (SSSR count). The van der Waals surface area contributed by atoms with E-state index in [0.29, 0.717) is 65.8 Å². The Morgan fingerprint density at radius 1 is 0.735 bits per heavy atom. The average molecular weight is 681 g/mol. The van der Waals surface area contributed by atoms with Crippen LogP contribution in [0.2, 0.25) is 0 Å². The number of rotatable bonds is 4. The number of hydrogen-bond donors (Lipinski definition) is 1. The third-order valence-electron chi connectivity index (χ3n) is 8.23. The summed E-state index contributed by atoms with van der Waals surface area (Å²) in [6.07, 6.45) is 2.15. The number of likely N-dealkylation sites (tertiary alicyclic amines) is 1. The Bertz CT molecular complexity index is 1600. The van der Waals surface area contributed by atoms with E-state index in [0.717, 1.165) is 22.8 Å². The Labute approximate surface area is 286 Å². The molecule has 0 spiro atoms. The van der Waals surface area contributed by atoms with E-state index in [4.69, 9.17) is 4.74 Å². The predicted octanol–water partition coefficient (Wildman–Crippen LogP) is 6.70. The normalized spacial score (nSPS) is 19.2. The standard InChI is InChI=1S/C20H23FN2O4.C15H15FN2O2.2CH4/c1-20(2,3)27-19(26)22-10-6-7-13(11-22)16(21)12-23-17(24)14-8-4-5-9-15(14)18(23)25;16-13(10-4-3-7-17-8-10)9-18-14(19)11-5-1-2-6-12(11)15(18)20;;/h4-5,8-9H,6-7,10-12H2,1-3H3;1-2,5-6,17H,3-4,7-9H2;2*1H4/b16-13+;13-10+;;. The van der Waals surface area contributed by atoms with Crippen molar-refractivity contribution in [1.29, 1.82) is 0 Å². The van der Waals surface area contributed by atoms with Crippen LogP contribution in [-0.4, -0.2) is 89.3 Å². The van der Waals surface area contributed by atoms with Crippen molar-refractivity contribution in [3.8, 4) is 0 Å². The molecular formula is C37H46F2N4O6. The number of piperidine rings is 2. The second kappa shape index (κ2) is 16.1. The second-order valence-corrected chi connectivity index (χ2v) is 12.8. The molecule has 10 nitrogen and oxygen atoms in total. The van der Waals surface area contributed by atoms with E-state index in [1.165, 1.54) is 4.90 Å². The molecule has 0 bridgehead atoms. The number of nitrogens with zero attached hydrogens (tertiary/aromatic N) is 3. The van der Waals surface area contributed by atoms with Gasteiger partial charge in [-0.25, -0.2) is 13.6 Å². The van der Waals surface area contributed by atoms with Crippen molar-refractivity contribution in [2.45, 2.75) is 66.9 Å². The summed E-state index contributed by atoms with van der Waals surface area (Å²) in [5, 5.41) is 3.09. The maximum atomic E-state index is 14.8. The van der Waals surface area contributed by atoms with Crippen molar-refractivity contribution < 1.29 is 37.5 Å². The van der Waals surface area contributed by atoms with Crippen LogP contribution in [0.3, 0.4) is 0 Å². The highest BCUT2D eigenvalue weighted by atomic mass is 19.1. The van der Waals surface area contributed by atoms with E-state index < -0.39 is 47.7 Å². The number of halogens is 2. The Morgan fingerprint density at radius 2 is 1.16 bits per heavy atom. The largest absolute Gasteiger partial charge is 0.444 e. The summed E-state index contributed by atoms with van der Waals surface area (Å²) < 4.78 is 34.4. The quantitative estimate of drug-likeness (QED) is 0.358. The minimum Gasteiger partial charge on any atom is -0.444 e. The lowest BCUT2D eigenvalue weighted by atomic mass is 10.0.